The van der Waals surface area contributed by atoms with Crippen LogP contribution in [0.25, 0.3) is 16.0 Å². The molecule has 9 heteroatoms. The molecule has 2 heterocycles. The lowest BCUT2D eigenvalue weighted by atomic mass is 9.95. The molecule has 1 amide bonds. The van der Waals surface area contributed by atoms with Gasteiger partial charge in [-0.2, -0.15) is 0 Å². The fourth-order valence-electron chi connectivity index (χ4n) is 4.03. The first-order valence-corrected chi connectivity index (χ1v) is 11.7. The van der Waals surface area contributed by atoms with Crippen LogP contribution in [0.5, 0.6) is 5.75 Å². The summed E-state index contributed by atoms with van der Waals surface area (Å²) in [5, 5.41) is 11.3. The van der Waals surface area contributed by atoms with Gasteiger partial charge in [0.1, 0.15) is 29.8 Å². The second kappa shape index (κ2) is 9.35. The van der Waals surface area contributed by atoms with Crippen molar-refractivity contribution in [2.75, 3.05) is 11.5 Å². The molecular weight excluding hydrogens is 486 g/mol. The lowest BCUT2D eigenvalue weighted by Crippen LogP contribution is -2.29. The minimum Gasteiger partial charge on any atom is -0.507 e. The summed E-state index contributed by atoms with van der Waals surface area (Å²) in [5.74, 6) is -2.79. The van der Waals surface area contributed by atoms with Crippen LogP contribution in [0.2, 0.25) is 0 Å². The Morgan fingerprint density at radius 2 is 1.83 bits per heavy atom. The van der Waals surface area contributed by atoms with E-state index >= 15 is 0 Å². The second-order valence-electron chi connectivity index (χ2n) is 7.96. The largest absolute Gasteiger partial charge is 0.507 e. The molecule has 1 aliphatic rings. The van der Waals surface area contributed by atoms with E-state index in [2.05, 4.69) is 11.6 Å². The first kappa shape index (κ1) is 23.4. The molecule has 6 nitrogen and oxygen atoms in total. The molecule has 0 bridgehead atoms. The number of amides is 1. The van der Waals surface area contributed by atoms with Crippen LogP contribution in [0.1, 0.15) is 17.2 Å². The number of Topliss-reactive ketones (excluding diaryl/α,β-unsaturated/α-hetero) is 1. The zero-order chi connectivity index (χ0) is 25.4. The van der Waals surface area contributed by atoms with E-state index in [9.17, 15) is 23.5 Å². The fraction of sp³-hybridized carbons (Fsp3) is 0.0741. The molecule has 0 radical (unpaired) electrons. The van der Waals surface area contributed by atoms with Crippen molar-refractivity contribution < 1.29 is 28.2 Å². The number of aliphatic hydroxyl groups excluding tert-OH is 1. The quantitative estimate of drug-likeness (QED) is 0.156. The number of ether oxygens (including phenoxy) is 1. The van der Waals surface area contributed by atoms with Crippen LogP contribution in [0.15, 0.2) is 85.0 Å². The van der Waals surface area contributed by atoms with Gasteiger partial charge in [-0.25, -0.2) is 13.8 Å². The minimum absolute atomic E-state index is 0.165. The number of aliphatic hydroxyl groups is 1. The number of ketones is 1. The van der Waals surface area contributed by atoms with Crippen LogP contribution >= 0.6 is 11.3 Å². The van der Waals surface area contributed by atoms with Crippen molar-refractivity contribution in [1.29, 1.82) is 0 Å². The predicted octanol–water partition coefficient (Wildman–Crippen LogP) is 5.77. The van der Waals surface area contributed by atoms with Crippen LogP contribution in [0.3, 0.4) is 0 Å². The average molecular weight is 505 g/mol. The second-order valence-corrected chi connectivity index (χ2v) is 8.97. The fourth-order valence-corrected chi connectivity index (χ4v) is 5.04. The topological polar surface area (TPSA) is 79.7 Å². The summed E-state index contributed by atoms with van der Waals surface area (Å²) in [4.78, 5) is 32.2. The highest BCUT2D eigenvalue weighted by Crippen LogP contribution is 2.44. The molecule has 1 N–H and O–H groups in total. The van der Waals surface area contributed by atoms with Gasteiger partial charge >= 0.3 is 5.91 Å². The van der Waals surface area contributed by atoms with Crippen LogP contribution in [-0.4, -0.2) is 28.4 Å². The molecule has 0 aliphatic carbocycles. The molecule has 1 atom stereocenters. The number of carbonyl (C=O) groups excluding carboxylic acids is 2. The maximum Gasteiger partial charge on any atom is 0.301 e. The molecule has 1 unspecified atom stereocenters. The van der Waals surface area contributed by atoms with Crippen LogP contribution in [0.4, 0.5) is 13.9 Å². The number of carbonyl (C=O) groups is 2. The summed E-state index contributed by atoms with van der Waals surface area (Å²) < 4.78 is 33.4. The Morgan fingerprint density at radius 1 is 1.08 bits per heavy atom. The van der Waals surface area contributed by atoms with Gasteiger partial charge in [0.2, 0.25) is 0 Å². The number of halogens is 2. The molecule has 1 aliphatic heterocycles. The molecule has 4 aromatic rings. The molecule has 1 aromatic heterocycles. The van der Waals surface area contributed by atoms with E-state index in [1.165, 1.54) is 35.2 Å². The Hall–Kier alpha value is -4.37. The Balaban J connectivity index is 1.71. The molecule has 3 aromatic carbocycles. The lowest BCUT2D eigenvalue weighted by Gasteiger charge is -2.23. The highest BCUT2D eigenvalue weighted by molar-refractivity contribution is 7.22. The van der Waals surface area contributed by atoms with E-state index in [0.717, 1.165) is 23.5 Å². The standard InChI is InChI=1S/C27H18F2N2O4S/c1-2-12-35-19-5-3-4-16(13-19)23-22(24(32)15-6-8-17(28)9-7-15)25(33)26(34)31(23)27-30-20-11-10-18(29)14-21(20)36-27/h2-11,13-14,23,32H,1,12H2. The first-order valence-electron chi connectivity index (χ1n) is 10.8. The average Bonchev–Trinajstić information content (AvgIpc) is 3.40. The van der Waals surface area contributed by atoms with Crippen LogP contribution in [0, 0.1) is 11.6 Å². The van der Waals surface area contributed by atoms with Crippen molar-refractivity contribution in [3.8, 4) is 5.75 Å². The highest BCUT2D eigenvalue weighted by atomic mass is 32.1. The van der Waals surface area contributed by atoms with E-state index in [4.69, 9.17) is 4.74 Å². The van der Waals surface area contributed by atoms with Crippen molar-refractivity contribution in [2.24, 2.45) is 0 Å². The normalized spacial score (nSPS) is 17.1. The van der Waals surface area contributed by atoms with Crippen LogP contribution in [-0.2, 0) is 9.59 Å². The predicted molar refractivity (Wildman–Crippen MR) is 133 cm³/mol. The van der Waals surface area contributed by atoms with Gasteiger partial charge in [0.05, 0.1) is 21.8 Å². The first-order chi connectivity index (χ1) is 17.4. The van der Waals surface area contributed by atoms with Crippen molar-refractivity contribution in [2.45, 2.75) is 6.04 Å². The van der Waals surface area contributed by atoms with Gasteiger partial charge in [0.25, 0.3) is 5.78 Å². The van der Waals surface area contributed by atoms with Crippen molar-refractivity contribution in [3.05, 3.63) is 108 Å². The van der Waals surface area contributed by atoms with Crippen molar-refractivity contribution in [3.63, 3.8) is 0 Å². The molecule has 5 rings (SSSR count). The maximum absolute atomic E-state index is 13.8. The van der Waals surface area contributed by atoms with Gasteiger partial charge < -0.3 is 9.84 Å². The van der Waals surface area contributed by atoms with Gasteiger partial charge in [0, 0.05) is 5.56 Å². The Kier molecular flexibility index (Phi) is 6.07. The SMILES string of the molecule is C=CCOc1cccc(C2C(=C(O)c3ccc(F)cc3)C(=O)C(=O)N2c2nc3ccc(F)cc3s2)c1. The van der Waals surface area contributed by atoms with E-state index in [1.807, 2.05) is 0 Å². The minimum atomic E-state index is -1.06. The van der Waals surface area contributed by atoms with E-state index < -0.39 is 35.1 Å². The summed E-state index contributed by atoms with van der Waals surface area (Å²) in [6, 6.07) is 14.6. The van der Waals surface area contributed by atoms with Crippen LogP contribution < -0.4 is 9.64 Å². The molecule has 0 spiro atoms. The third-order valence-corrected chi connectivity index (χ3v) is 6.67. The number of nitrogens with zero attached hydrogens (tertiary/aromatic N) is 2. The number of aromatic nitrogens is 1. The number of hydrogen-bond donors (Lipinski definition) is 1. The lowest BCUT2D eigenvalue weighted by molar-refractivity contribution is -0.132. The number of fused-ring (bicyclic) bond motifs is 1. The third-order valence-electron chi connectivity index (χ3n) is 5.65. The van der Waals surface area contributed by atoms with Crippen molar-refractivity contribution >= 4 is 44.1 Å². The van der Waals surface area contributed by atoms with Gasteiger partial charge in [-0.05, 0) is 60.2 Å². The molecule has 36 heavy (non-hydrogen) atoms. The molecular formula is C27H18F2N2O4S. The highest BCUT2D eigenvalue weighted by Gasteiger charge is 2.48. The number of anilines is 1. The Morgan fingerprint density at radius 3 is 2.58 bits per heavy atom. The van der Waals surface area contributed by atoms with E-state index in [-0.39, 0.29) is 22.9 Å². The number of thiazole rings is 1. The summed E-state index contributed by atoms with van der Waals surface area (Å²) in [7, 11) is 0. The number of hydrogen-bond acceptors (Lipinski definition) is 6. The van der Waals surface area contributed by atoms with Gasteiger partial charge in [-0.1, -0.05) is 36.1 Å². The monoisotopic (exact) mass is 504 g/mol. The molecule has 1 saturated heterocycles. The molecule has 180 valence electrons. The summed E-state index contributed by atoms with van der Waals surface area (Å²) >= 11 is 1.05. The summed E-state index contributed by atoms with van der Waals surface area (Å²) in [6.45, 7) is 3.86. The van der Waals surface area contributed by atoms with Gasteiger partial charge in [0.15, 0.2) is 5.13 Å². The Bertz CT molecular complexity index is 1550. The zero-order valence-electron chi connectivity index (χ0n) is 18.7. The summed E-state index contributed by atoms with van der Waals surface area (Å²) in [6.07, 6.45) is 1.58. The van der Waals surface area contributed by atoms with E-state index in [0.29, 0.717) is 21.5 Å². The molecule has 1 fully saturated rings. The zero-order valence-corrected chi connectivity index (χ0v) is 19.5. The van der Waals surface area contributed by atoms with Gasteiger partial charge in [-0.3, -0.25) is 14.5 Å². The number of rotatable bonds is 6. The maximum atomic E-state index is 13.8. The molecule has 0 saturated carbocycles. The number of benzene rings is 3. The summed E-state index contributed by atoms with van der Waals surface area (Å²) in [5.41, 5.74) is 0.922. The smallest absolute Gasteiger partial charge is 0.301 e. The third kappa shape index (κ3) is 4.14. The van der Waals surface area contributed by atoms with E-state index in [1.54, 1.807) is 30.3 Å². The Labute approximate surface area is 208 Å². The van der Waals surface area contributed by atoms with Crippen molar-refractivity contribution in [1.82, 2.24) is 4.98 Å². The van der Waals surface area contributed by atoms with Gasteiger partial charge in [-0.15, -0.1) is 0 Å².